The molecule has 0 N–H and O–H groups in total. The molecule has 33 heavy (non-hydrogen) atoms. The second-order valence-electron chi connectivity index (χ2n) is 8.95. The van der Waals surface area contributed by atoms with E-state index in [0.29, 0.717) is 15.0 Å². The predicted molar refractivity (Wildman–Crippen MR) is 147 cm³/mol. The quantitative estimate of drug-likeness (QED) is 0.167. The van der Waals surface area contributed by atoms with Crippen LogP contribution >= 0.6 is 7.26 Å². The van der Waals surface area contributed by atoms with Gasteiger partial charge in [-0.3, -0.25) is 0 Å². The van der Waals surface area contributed by atoms with E-state index in [0.717, 1.165) is 0 Å². The Morgan fingerprint density at radius 1 is 0.455 bits per heavy atom. The van der Waals surface area contributed by atoms with Crippen LogP contribution < -0.4 is 20.4 Å². The van der Waals surface area contributed by atoms with Gasteiger partial charge < -0.3 is 0 Å². The molecular weight excluding hydrogens is 482 g/mol. The summed E-state index contributed by atoms with van der Waals surface area (Å²) < 4.78 is 1.81. The van der Waals surface area contributed by atoms with E-state index >= 15 is 0 Å². The van der Waals surface area contributed by atoms with E-state index < -0.39 is 7.26 Å². The van der Waals surface area contributed by atoms with Crippen molar-refractivity contribution in [3.8, 4) is 0 Å². The van der Waals surface area contributed by atoms with Crippen molar-refractivity contribution < 1.29 is 0 Å². The Balaban J connectivity index is 1.86. The van der Waals surface area contributed by atoms with Crippen LogP contribution in [0.1, 0.15) is 38.5 Å². The molecule has 0 amide bonds. The van der Waals surface area contributed by atoms with Crippen LogP contribution in [0.3, 0.4) is 0 Å². The molecule has 4 aromatic carbocycles. The van der Waals surface area contributed by atoms with Crippen LogP contribution in [0, 0.1) is 0 Å². The van der Waals surface area contributed by atoms with Crippen LogP contribution in [-0.4, -0.2) is 19.0 Å². The van der Waals surface area contributed by atoms with Crippen molar-refractivity contribution >= 4 is 42.6 Å². The standard InChI is InChI=1S/C31H32PSe/c1-2-16-26-31(25-15-1,33-30-23-13-6-14-24-30)32(27-17-7-3-8-18-27,28-19-9-4-10-20-28)29-21-11-5-12-22-29/h3-14,17-24H,1-2,15-16,25-26H2/q+1. The Hall–Kier alpha value is -2.17. The molecule has 0 bridgehead atoms. The minimum absolute atomic E-state index is 0.266. The number of hydrogen-bond donors (Lipinski definition) is 0. The van der Waals surface area contributed by atoms with Crippen LogP contribution in [0.15, 0.2) is 121 Å². The van der Waals surface area contributed by atoms with Crippen LogP contribution in [0.4, 0.5) is 0 Å². The second kappa shape index (κ2) is 10.4. The average molecular weight is 515 g/mol. The predicted octanol–water partition coefficient (Wildman–Crippen LogP) is 6.06. The number of hydrogen-bond acceptors (Lipinski definition) is 0. The summed E-state index contributed by atoms with van der Waals surface area (Å²) >= 11 is 0.369. The van der Waals surface area contributed by atoms with Crippen molar-refractivity contribution in [2.75, 3.05) is 0 Å². The molecule has 0 atom stereocenters. The van der Waals surface area contributed by atoms with Crippen molar-refractivity contribution in [2.45, 2.75) is 42.6 Å². The van der Waals surface area contributed by atoms with E-state index in [4.69, 9.17) is 0 Å². The number of rotatable bonds is 6. The van der Waals surface area contributed by atoms with Crippen molar-refractivity contribution in [1.82, 2.24) is 0 Å². The fourth-order valence-electron chi connectivity index (χ4n) is 5.60. The molecule has 0 spiro atoms. The van der Waals surface area contributed by atoms with E-state index in [1.807, 2.05) is 0 Å². The molecule has 166 valence electrons. The Kier molecular flexibility index (Phi) is 7.13. The maximum absolute atomic E-state index is 2.43. The molecule has 2 heteroatoms. The Bertz CT molecular complexity index is 1020. The Morgan fingerprint density at radius 3 is 1.21 bits per heavy atom. The summed E-state index contributed by atoms with van der Waals surface area (Å²) in [5.41, 5.74) is 0. The molecule has 0 saturated heterocycles. The van der Waals surface area contributed by atoms with Crippen LogP contribution in [0.25, 0.3) is 0 Å². The summed E-state index contributed by atoms with van der Waals surface area (Å²) in [6.07, 6.45) is 8.03. The zero-order chi connectivity index (χ0) is 22.4. The summed E-state index contributed by atoms with van der Waals surface area (Å²) in [5.74, 6) is 0. The first-order chi connectivity index (χ1) is 16.4. The zero-order valence-corrected chi connectivity index (χ0v) is 21.8. The second-order valence-corrected chi connectivity index (χ2v) is 16.4. The van der Waals surface area contributed by atoms with Gasteiger partial charge in [0.2, 0.25) is 0 Å². The Morgan fingerprint density at radius 2 is 0.818 bits per heavy atom. The summed E-state index contributed by atoms with van der Waals surface area (Å²) in [6, 6.07) is 46.1. The monoisotopic (exact) mass is 515 g/mol. The first-order valence-corrected chi connectivity index (χ1v) is 15.7. The summed E-state index contributed by atoms with van der Waals surface area (Å²) in [7, 11) is -1.93. The van der Waals surface area contributed by atoms with Crippen LogP contribution in [0.2, 0.25) is 0 Å². The first-order valence-electron chi connectivity index (χ1n) is 12.2. The normalized spacial score (nSPS) is 16.1. The van der Waals surface area contributed by atoms with Gasteiger partial charge in [0.25, 0.3) is 0 Å². The van der Waals surface area contributed by atoms with Gasteiger partial charge >= 0.3 is 207 Å². The third-order valence-corrected chi connectivity index (χ3v) is 16.8. The van der Waals surface area contributed by atoms with Gasteiger partial charge in [-0.2, -0.15) is 0 Å². The van der Waals surface area contributed by atoms with E-state index in [1.54, 1.807) is 20.4 Å². The molecule has 0 aliphatic heterocycles. The molecule has 1 aliphatic carbocycles. The van der Waals surface area contributed by atoms with Gasteiger partial charge in [0.15, 0.2) is 0 Å². The molecule has 0 nitrogen and oxygen atoms in total. The number of benzene rings is 4. The zero-order valence-electron chi connectivity index (χ0n) is 19.1. The molecule has 1 saturated carbocycles. The topological polar surface area (TPSA) is 0 Å². The summed E-state index contributed by atoms with van der Waals surface area (Å²) in [5, 5.41) is 4.63. The first kappa shape index (κ1) is 22.6. The van der Waals surface area contributed by atoms with Crippen molar-refractivity contribution in [3.05, 3.63) is 121 Å². The Labute approximate surface area is 206 Å². The van der Waals surface area contributed by atoms with E-state index in [1.165, 1.54) is 38.5 Å². The van der Waals surface area contributed by atoms with Gasteiger partial charge in [-0.15, -0.1) is 0 Å². The van der Waals surface area contributed by atoms with Gasteiger partial charge in [-0.25, -0.2) is 0 Å². The molecule has 1 aliphatic rings. The molecule has 0 radical (unpaired) electrons. The van der Waals surface area contributed by atoms with Gasteiger partial charge in [0.1, 0.15) is 0 Å². The SMILES string of the molecule is c1ccc([Se]C2([P+](c3ccccc3)(c3ccccc3)c3ccccc3)CCCCCC2)cc1. The average Bonchev–Trinajstić information content (AvgIpc) is 3.13. The van der Waals surface area contributed by atoms with E-state index in [2.05, 4.69) is 121 Å². The van der Waals surface area contributed by atoms with Gasteiger partial charge in [-0.05, 0) is 0 Å². The van der Waals surface area contributed by atoms with Crippen LogP contribution in [-0.2, 0) is 0 Å². The molecule has 4 aromatic rings. The molecular formula is C31H32PSe+. The van der Waals surface area contributed by atoms with Crippen molar-refractivity contribution in [1.29, 1.82) is 0 Å². The van der Waals surface area contributed by atoms with Gasteiger partial charge in [0, 0.05) is 0 Å². The van der Waals surface area contributed by atoms with Crippen molar-refractivity contribution in [2.24, 2.45) is 0 Å². The molecule has 5 rings (SSSR count). The third-order valence-electron chi connectivity index (χ3n) is 6.98. The van der Waals surface area contributed by atoms with E-state index in [9.17, 15) is 0 Å². The fourth-order valence-corrected chi connectivity index (χ4v) is 16.9. The molecule has 0 aromatic heterocycles. The van der Waals surface area contributed by atoms with Crippen molar-refractivity contribution in [3.63, 3.8) is 0 Å². The van der Waals surface area contributed by atoms with Gasteiger partial charge in [0.05, 0.1) is 0 Å². The molecule has 0 unspecified atom stereocenters. The summed E-state index contributed by atoms with van der Waals surface area (Å²) in [4.78, 5) is 0. The third kappa shape index (κ3) is 4.36. The molecule has 0 heterocycles. The minimum atomic E-state index is -1.93. The maximum atomic E-state index is 2.43. The van der Waals surface area contributed by atoms with Crippen LogP contribution in [0.5, 0.6) is 0 Å². The van der Waals surface area contributed by atoms with Gasteiger partial charge in [-0.1, -0.05) is 0 Å². The van der Waals surface area contributed by atoms with E-state index in [-0.39, 0.29) is 4.05 Å². The summed E-state index contributed by atoms with van der Waals surface area (Å²) in [6.45, 7) is 0. The molecule has 1 fully saturated rings. The fraction of sp³-hybridized carbons (Fsp3) is 0.226.